The van der Waals surface area contributed by atoms with E-state index < -0.39 is 5.54 Å². The molecular weight excluding hydrogens is 260 g/mol. The molecule has 1 fully saturated rings. The molecule has 19 heavy (non-hydrogen) atoms. The van der Waals surface area contributed by atoms with E-state index in [1.807, 2.05) is 19.2 Å². The van der Waals surface area contributed by atoms with Crippen LogP contribution in [0.1, 0.15) is 32.8 Å². The normalized spacial score (nSPS) is 25.3. The Morgan fingerprint density at radius 2 is 2.26 bits per heavy atom. The Bertz CT molecular complexity index is 472. The van der Waals surface area contributed by atoms with Gasteiger partial charge >= 0.3 is 0 Å². The van der Waals surface area contributed by atoms with Gasteiger partial charge in [-0.25, -0.2) is 0 Å². The van der Waals surface area contributed by atoms with E-state index in [0.29, 0.717) is 6.42 Å². The van der Waals surface area contributed by atoms with E-state index in [9.17, 15) is 9.59 Å². The number of piperazine rings is 1. The van der Waals surface area contributed by atoms with Crippen molar-refractivity contribution in [1.82, 2.24) is 10.2 Å². The standard InChI is InChI=1S/C14H20N2O2S/c1-4-14(3)13(18)16(8-12(17)15-14)10(2)7-11-5-6-19-9-11/h5-6,9-10H,4,7-8H2,1-3H3,(H,15,17). The summed E-state index contributed by atoms with van der Waals surface area (Å²) >= 11 is 1.65. The third-order valence-electron chi connectivity index (χ3n) is 3.81. The second kappa shape index (κ2) is 5.33. The predicted molar refractivity (Wildman–Crippen MR) is 76.0 cm³/mol. The van der Waals surface area contributed by atoms with Crippen molar-refractivity contribution in [2.24, 2.45) is 0 Å². The molecule has 0 aliphatic carbocycles. The summed E-state index contributed by atoms with van der Waals surface area (Å²) in [5.74, 6) is -0.0431. The van der Waals surface area contributed by atoms with Gasteiger partial charge in [-0.3, -0.25) is 9.59 Å². The van der Waals surface area contributed by atoms with Gasteiger partial charge in [-0.15, -0.1) is 0 Å². The van der Waals surface area contributed by atoms with Crippen molar-refractivity contribution in [2.45, 2.75) is 45.2 Å². The van der Waals surface area contributed by atoms with Gasteiger partial charge in [-0.1, -0.05) is 6.92 Å². The van der Waals surface area contributed by atoms with Crippen LogP contribution in [0, 0.1) is 0 Å². The number of nitrogens with one attached hydrogen (secondary N) is 1. The molecule has 1 aromatic rings. The lowest BCUT2D eigenvalue weighted by molar-refractivity contribution is -0.151. The lowest BCUT2D eigenvalue weighted by Crippen LogP contribution is -2.66. The van der Waals surface area contributed by atoms with Crippen molar-refractivity contribution in [3.8, 4) is 0 Å². The Labute approximate surface area is 117 Å². The first-order valence-electron chi connectivity index (χ1n) is 6.59. The molecule has 2 rings (SSSR count). The number of rotatable bonds is 4. The molecule has 104 valence electrons. The number of carbonyl (C=O) groups excluding carboxylic acids is 2. The molecule has 1 N–H and O–H groups in total. The number of amides is 2. The second-order valence-corrected chi connectivity index (χ2v) is 6.13. The van der Waals surface area contributed by atoms with Gasteiger partial charge in [0.1, 0.15) is 5.54 Å². The topological polar surface area (TPSA) is 49.4 Å². The fourth-order valence-corrected chi connectivity index (χ4v) is 3.08. The van der Waals surface area contributed by atoms with Crippen molar-refractivity contribution in [1.29, 1.82) is 0 Å². The maximum Gasteiger partial charge on any atom is 0.248 e. The monoisotopic (exact) mass is 280 g/mol. The van der Waals surface area contributed by atoms with Gasteiger partial charge in [-0.05, 0) is 49.1 Å². The van der Waals surface area contributed by atoms with Crippen LogP contribution in [-0.2, 0) is 16.0 Å². The maximum atomic E-state index is 12.5. The molecule has 0 bridgehead atoms. The molecule has 5 heteroatoms. The van der Waals surface area contributed by atoms with E-state index in [1.54, 1.807) is 23.2 Å². The highest BCUT2D eigenvalue weighted by Crippen LogP contribution is 2.21. The van der Waals surface area contributed by atoms with Gasteiger partial charge in [0.25, 0.3) is 0 Å². The average Bonchev–Trinajstić information content (AvgIpc) is 2.86. The molecule has 0 saturated carbocycles. The number of thiophene rings is 1. The molecular formula is C14H20N2O2S. The zero-order valence-electron chi connectivity index (χ0n) is 11.6. The first-order chi connectivity index (χ1) is 8.96. The van der Waals surface area contributed by atoms with E-state index >= 15 is 0 Å². The highest BCUT2D eigenvalue weighted by molar-refractivity contribution is 7.07. The molecule has 1 aliphatic rings. The molecule has 2 unspecified atom stereocenters. The molecule has 1 aromatic heterocycles. The molecule has 0 aromatic carbocycles. The Hall–Kier alpha value is -1.36. The van der Waals surface area contributed by atoms with Crippen LogP contribution in [0.2, 0.25) is 0 Å². The first-order valence-corrected chi connectivity index (χ1v) is 7.53. The van der Waals surface area contributed by atoms with Crippen LogP contribution >= 0.6 is 11.3 Å². The van der Waals surface area contributed by atoms with Gasteiger partial charge in [0.15, 0.2) is 0 Å². The molecule has 1 aliphatic heterocycles. The van der Waals surface area contributed by atoms with Crippen LogP contribution in [0.3, 0.4) is 0 Å². The maximum absolute atomic E-state index is 12.5. The molecule has 2 heterocycles. The highest BCUT2D eigenvalue weighted by atomic mass is 32.1. The van der Waals surface area contributed by atoms with Crippen LogP contribution in [-0.4, -0.2) is 34.8 Å². The Morgan fingerprint density at radius 1 is 1.53 bits per heavy atom. The average molecular weight is 280 g/mol. The minimum Gasteiger partial charge on any atom is -0.340 e. The lowest BCUT2D eigenvalue weighted by Gasteiger charge is -2.42. The Balaban J connectivity index is 2.13. The van der Waals surface area contributed by atoms with Gasteiger partial charge in [0, 0.05) is 6.04 Å². The third-order valence-corrected chi connectivity index (χ3v) is 4.54. The summed E-state index contributed by atoms with van der Waals surface area (Å²) in [4.78, 5) is 26.0. The van der Waals surface area contributed by atoms with E-state index in [1.165, 1.54) is 5.56 Å². The van der Waals surface area contributed by atoms with Crippen molar-refractivity contribution in [3.05, 3.63) is 22.4 Å². The van der Waals surface area contributed by atoms with Crippen LogP contribution in [0.4, 0.5) is 0 Å². The molecule has 2 atom stereocenters. The molecule has 1 saturated heterocycles. The van der Waals surface area contributed by atoms with Crippen LogP contribution in [0.25, 0.3) is 0 Å². The zero-order chi connectivity index (χ0) is 14.0. The smallest absolute Gasteiger partial charge is 0.248 e. The van der Waals surface area contributed by atoms with Crippen molar-refractivity contribution in [2.75, 3.05) is 6.54 Å². The molecule has 4 nitrogen and oxygen atoms in total. The van der Waals surface area contributed by atoms with Gasteiger partial charge in [0.2, 0.25) is 11.8 Å². The summed E-state index contributed by atoms with van der Waals surface area (Å²) in [6.45, 7) is 5.89. The lowest BCUT2D eigenvalue weighted by atomic mass is 9.93. The second-order valence-electron chi connectivity index (χ2n) is 5.35. The van der Waals surface area contributed by atoms with Gasteiger partial charge in [-0.2, -0.15) is 11.3 Å². The van der Waals surface area contributed by atoms with E-state index in [0.717, 1.165) is 6.42 Å². The van der Waals surface area contributed by atoms with E-state index in [2.05, 4.69) is 16.8 Å². The van der Waals surface area contributed by atoms with Gasteiger partial charge < -0.3 is 10.2 Å². The van der Waals surface area contributed by atoms with Crippen LogP contribution in [0.5, 0.6) is 0 Å². The summed E-state index contributed by atoms with van der Waals surface area (Å²) in [6, 6.07) is 2.10. The summed E-state index contributed by atoms with van der Waals surface area (Å²) in [6.07, 6.45) is 1.40. The molecule has 0 spiro atoms. The quantitative estimate of drug-likeness (QED) is 0.914. The zero-order valence-corrected chi connectivity index (χ0v) is 12.4. The Kier molecular flexibility index (Phi) is 3.94. The number of hydrogen-bond donors (Lipinski definition) is 1. The molecule has 2 amide bonds. The summed E-state index contributed by atoms with van der Waals surface area (Å²) in [5, 5.41) is 6.93. The summed E-state index contributed by atoms with van der Waals surface area (Å²) in [5.41, 5.74) is 0.465. The van der Waals surface area contributed by atoms with Crippen molar-refractivity contribution < 1.29 is 9.59 Å². The van der Waals surface area contributed by atoms with E-state index in [4.69, 9.17) is 0 Å². The van der Waals surface area contributed by atoms with Crippen LogP contribution < -0.4 is 5.32 Å². The largest absolute Gasteiger partial charge is 0.340 e. The summed E-state index contributed by atoms with van der Waals surface area (Å²) in [7, 11) is 0. The molecule has 0 radical (unpaired) electrons. The summed E-state index contributed by atoms with van der Waals surface area (Å²) < 4.78 is 0. The fourth-order valence-electron chi connectivity index (χ4n) is 2.40. The number of carbonyl (C=O) groups is 2. The SMILES string of the molecule is CCC1(C)NC(=O)CN(C(C)Cc2ccsc2)C1=O. The van der Waals surface area contributed by atoms with E-state index in [-0.39, 0.29) is 24.4 Å². The predicted octanol–water partition coefficient (Wildman–Crippen LogP) is 1.81. The Morgan fingerprint density at radius 3 is 2.84 bits per heavy atom. The van der Waals surface area contributed by atoms with Gasteiger partial charge in [0.05, 0.1) is 6.54 Å². The minimum atomic E-state index is -0.752. The number of hydrogen-bond acceptors (Lipinski definition) is 3. The number of nitrogens with zero attached hydrogens (tertiary/aromatic N) is 1. The van der Waals surface area contributed by atoms with Crippen molar-refractivity contribution in [3.63, 3.8) is 0 Å². The highest BCUT2D eigenvalue weighted by Gasteiger charge is 2.42. The third kappa shape index (κ3) is 2.81. The fraction of sp³-hybridized carbons (Fsp3) is 0.571. The minimum absolute atomic E-state index is 0.0253. The van der Waals surface area contributed by atoms with Crippen molar-refractivity contribution >= 4 is 23.2 Å². The van der Waals surface area contributed by atoms with Crippen LogP contribution in [0.15, 0.2) is 16.8 Å². The first kappa shape index (κ1) is 14.1.